The molecular weight excluding hydrogens is 289 g/mol. The number of nitrogens with zero attached hydrogens (tertiary/aromatic N) is 2. The van der Waals surface area contributed by atoms with E-state index in [1.54, 1.807) is 0 Å². The van der Waals surface area contributed by atoms with Gasteiger partial charge in [-0.2, -0.15) is 13.2 Å². The first-order chi connectivity index (χ1) is 9.88. The number of fused-ring (bicyclic) bond motifs is 1. The van der Waals surface area contributed by atoms with Crippen molar-refractivity contribution < 1.29 is 27.8 Å². The predicted molar refractivity (Wildman–Crippen MR) is 64.8 cm³/mol. The molecule has 1 aliphatic carbocycles. The SMILES string of the molecule is O=C(O)N1C[C@@H]2[C@@H](COc3cccnc3C(F)(F)F)[C@@H]2C1. The Morgan fingerprint density at radius 2 is 2.10 bits per heavy atom. The molecule has 1 saturated heterocycles. The van der Waals surface area contributed by atoms with Crippen LogP contribution in [0.1, 0.15) is 5.69 Å². The van der Waals surface area contributed by atoms with Gasteiger partial charge < -0.3 is 14.7 Å². The maximum atomic E-state index is 12.7. The zero-order chi connectivity index (χ0) is 15.2. The molecular formula is C13H13F3N2O3. The van der Waals surface area contributed by atoms with Gasteiger partial charge >= 0.3 is 12.3 Å². The standard InChI is InChI=1S/C13H13F3N2O3/c14-13(15,16)11-10(2-1-3-17-11)21-6-9-7-4-18(12(19)20)5-8(7)9/h1-3,7-9H,4-6H2,(H,19,20)/t7-,8+,9+. The number of ether oxygens (including phenoxy) is 1. The molecule has 1 aromatic heterocycles. The number of piperidine rings is 1. The molecule has 0 spiro atoms. The number of halogens is 3. The van der Waals surface area contributed by atoms with Crippen LogP contribution in [0.15, 0.2) is 18.3 Å². The monoisotopic (exact) mass is 302 g/mol. The average molecular weight is 302 g/mol. The molecule has 114 valence electrons. The molecule has 0 bridgehead atoms. The highest BCUT2D eigenvalue weighted by Gasteiger charge is 2.57. The van der Waals surface area contributed by atoms with Gasteiger partial charge in [-0.05, 0) is 24.0 Å². The van der Waals surface area contributed by atoms with E-state index in [1.165, 1.54) is 17.0 Å². The zero-order valence-corrected chi connectivity index (χ0v) is 10.9. The van der Waals surface area contributed by atoms with Crippen LogP contribution in [0, 0.1) is 17.8 Å². The van der Waals surface area contributed by atoms with Crippen molar-refractivity contribution in [2.45, 2.75) is 6.18 Å². The second kappa shape index (κ2) is 4.78. The fraction of sp³-hybridized carbons (Fsp3) is 0.538. The lowest BCUT2D eigenvalue weighted by Crippen LogP contribution is -2.30. The minimum Gasteiger partial charge on any atom is -0.491 e. The summed E-state index contributed by atoms with van der Waals surface area (Å²) in [5, 5.41) is 8.83. The normalized spacial score (nSPS) is 27.4. The van der Waals surface area contributed by atoms with E-state index in [-0.39, 0.29) is 30.1 Å². The van der Waals surface area contributed by atoms with Gasteiger partial charge in [-0.1, -0.05) is 0 Å². The summed E-state index contributed by atoms with van der Waals surface area (Å²) in [5.74, 6) is 0.256. The Morgan fingerprint density at radius 3 is 2.67 bits per heavy atom. The number of aromatic nitrogens is 1. The predicted octanol–water partition coefficient (Wildman–Crippen LogP) is 2.34. The minimum absolute atomic E-state index is 0.127. The number of alkyl halides is 3. The molecule has 1 amide bonds. The van der Waals surface area contributed by atoms with E-state index in [1.807, 2.05) is 0 Å². The van der Waals surface area contributed by atoms with Crippen LogP contribution in [0.3, 0.4) is 0 Å². The largest absolute Gasteiger partial charge is 0.491 e. The third kappa shape index (κ3) is 2.62. The smallest absolute Gasteiger partial charge is 0.437 e. The molecule has 1 aliphatic heterocycles. The number of likely N-dealkylation sites (tertiary alicyclic amines) is 1. The average Bonchev–Trinajstić information content (AvgIpc) is 2.86. The summed E-state index contributed by atoms with van der Waals surface area (Å²) in [5.41, 5.74) is -1.03. The van der Waals surface area contributed by atoms with Crippen molar-refractivity contribution in [1.82, 2.24) is 9.88 Å². The zero-order valence-electron chi connectivity index (χ0n) is 10.9. The fourth-order valence-electron chi connectivity index (χ4n) is 2.96. The number of carboxylic acid groups (broad SMARTS) is 1. The molecule has 5 nitrogen and oxygen atoms in total. The van der Waals surface area contributed by atoms with E-state index in [0.29, 0.717) is 13.1 Å². The Labute approximate surface area is 118 Å². The summed E-state index contributed by atoms with van der Waals surface area (Å²) in [4.78, 5) is 15.4. The summed E-state index contributed by atoms with van der Waals surface area (Å²) in [7, 11) is 0. The van der Waals surface area contributed by atoms with Crippen LogP contribution in [0.25, 0.3) is 0 Å². The van der Waals surface area contributed by atoms with Crippen molar-refractivity contribution in [1.29, 1.82) is 0 Å². The van der Waals surface area contributed by atoms with Crippen molar-refractivity contribution in [2.75, 3.05) is 19.7 Å². The van der Waals surface area contributed by atoms with Gasteiger partial charge in [0.2, 0.25) is 0 Å². The first kappa shape index (κ1) is 14.0. The molecule has 0 radical (unpaired) electrons. The van der Waals surface area contributed by atoms with Crippen LogP contribution in [-0.2, 0) is 6.18 Å². The highest BCUT2D eigenvalue weighted by atomic mass is 19.4. The van der Waals surface area contributed by atoms with Gasteiger partial charge in [0.05, 0.1) is 6.61 Å². The molecule has 0 unspecified atom stereocenters. The second-order valence-corrected chi connectivity index (χ2v) is 5.34. The molecule has 8 heteroatoms. The summed E-state index contributed by atoms with van der Waals surface area (Å²) < 4.78 is 43.5. The third-order valence-electron chi connectivity index (χ3n) is 4.11. The Hall–Kier alpha value is -1.99. The van der Waals surface area contributed by atoms with Crippen molar-refractivity contribution >= 4 is 6.09 Å². The Bertz CT molecular complexity index is 552. The van der Waals surface area contributed by atoms with Crippen LogP contribution in [-0.4, -0.2) is 40.8 Å². The Kier molecular flexibility index (Phi) is 3.18. The molecule has 2 heterocycles. The Balaban J connectivity index is 1.58. The molecule has 0 aromatic carbocycles. The molecule has 1 aromatic rings. The summed E-state index contributed by atoms with van der Waals surface area (Å²) >= 11 is 0. The highest BCUT2D eigenvalue weighted by molar-refractivity contribution is 5.65. The number of amides is 1. The molecule has 2 fully saturated rings. The fourth-order valence-corrected chi connectivity index (χ4v) is 2.96. The molecule has 1 saturated carbocycles. The van der Waals surface area contributed by atoms with Crippen molar-refractivity contribution in [3.63, 3.8) is 0 Å². The van der Waals surface area contributed by atoms with E-state index >= 15 is 0 Å². The van der Waals surface area contributed by atoms with Gasteiger partial charge in [0.15, 0.2) is 5.69 Å². The van der Waals surface area contributed by atoms with E-state index in [9.17, 15) is 18.0 Å². The van der Waals surface area contributed by atoms with Crippen LogP contribution >= 0.6 is 0 Å². The first-order valence-corrected chi connectivity index (χ1v) is 6.51. The van der Waals surface area contributed by atoms with Gasteiger partial charge in [0.1, 0.15) is 5.75 Å². The molecule has 3 atom stereocenters. The Morgan fingerprint density at radius 1 is 1.43 bits per heavy atom. The van der Waals surface area contributed by atoms with Crippen molar-refractivity contribution in [3.8, 4) is 5.75 Å². The van der Waals surface area contributed by atoms with Gasteiger partial charge in [0.25, 0.3) is 0 Å². The van der Waals surface area contributed by atoms with Gasteiger partial charge in [-0.25, -0.2) is 9.78 Å². The number of pyridine rings is 1. The highest BCUT2D eigenvalue weighted by Crippen LogP contribution is 2.51. The molecule has 2 aliphatic rings. The van der Waals surface area contributed by atoms with E-state index in [2.05, 4.69) is 4.98 Å². The third-order valence-corrected chi connectivity index (χ3v) is 4.11. The summed E-state index contributed by atoms with van der Waals surface area (Å²) in [6.07, 6.45) is -4.42. The second-order valence-electron chi connectivity index (χ2n) is 5.34. The van der Waals surface area contributed by atoms with Gasteiger partial charge in [-0.3, -0.25) is 0 Å². The number of carbonyl (C=O) groups is 1. The quantitative estimate of drug-likeness (QED) is 0.931. The van der Waals surface area contributed by atoms with Crippen LogP contribution < -0.4 is 4.74 Å². The summed E-state index contributed by atoms with van der Waals surface area (Å²) in [6.45, 7) is 1.04. The maximum Gasteiger partial charge on any atom is 0.437 e. The maximum absolute atomic E-state index is 12.7. The number of hydrogen-bond acceptors (Lipinski definition) is 3. The molecule has 1 N–H and O–H groups in total. The lowest BCUT2D eigenvalue weighted by Gasteiger charge is -2.17. The first-order valence-electron chi connectivity index (χ1n) is 6.51. The van der Waals surface area contributed by atoms with E-state index in [0.717, 1.165) is 6.20 Å². The molecule has 3 rings (SSSR count). The van der Waals surface area contributed by atoms with E-state index in [4.69, 9.17) is 9.84 Å². The minimum atomic E-state index is -4.55. The number of rotatable bonds is 3. The number of hydrogen-bond donors (Lipinski definition) is 1. The van der Waals surface area contributed by atoms with Crippen LogP contribution in [0.4, 0.5) is 18.0 Å². The van der Waals surface area contributed by atoms with Crippen molar-refractivity contribution in [2.24, 2.45) is 17.8 Å². The van der Waals surface area contributed by atoms with Gasteiger partial charge in [0, 0.05) is 25.2 Å². The van der Waals surface area contributed by atoms with Gasteiger partial charge in [-0.15, -0.1) is 0 Å². The molecule has 21 heavy (non-hydrogen) atoms. The van der Waals surface area contributed by atoms with Crippen LogP contribution in [0.5, 0.6) is 5.75 Å². The van der Waals surface area contributed by atoms with E-state index < -0.39 is 18.0 Å². The topological polar surface area (TPSA) is 62.7 Å². The lowest BCUT2D eigenvalue weighted by molar-refractivity contribution is -0.142. The van der Waals surface area contributed by atoms with Crippen molar-refractivity contribution in [3.05, 3.63) is 24.0 Å². The summed E-state index contributed by atoms with van der Waals surface area (Å²) in [6, 6.07) is 2.64. The lowest BCUT2D eigenvalue weighted by atomic mass is 10.2. The van der Waals surface area contributed by atoms with Crippen LogP contribution in [0.2, 0.25) is 0 Å².